The van der Waals surface area contributed by atoms with Crippen LogP contribution in [0.15, 0.2) is 47.4 Å². The molecule has 0 radical (unpaired) electrons. The third-order valence-electron chi connectivity index (χ3n) is 7.70. The topological polar surface area (TPSA) is 132 Å². The molecule has 1 atom stereocenters. The number of carbonyl (C=O) groups excluding carboxylic acids is 2. The fourth-order valence-corrected chi connectivity index (χ4v) is 6.18. The molecule has 4 heterocycles. The predicted octanol–water partition coefficient (Wildman–Crippen LogP) is 5.00. The Balaban J connectivity index is 0.000000265. The Morgan fingerprint density at radius 3 is 2.69 bits per heavy atom. The number of ether oxygens (including phenoxy) is 1. The Morgan fingerprint density at radius 1 is 1.17 bits per heavy atom. The number of nitrogen functional groups attached to an aromatic ring is 1. The predicted molar refractivity (Wildman–Crippen MR) is 163 cm³/mol. The highest BCUT2D eigenvalue weighted by molar-refractivity contribution is 7.17. The maximum Gasteiger partial charge on any atom is 0.410 e. The minimum Gasteiger partial charge on any atom is -0.447 e. The number of aromatic nitrogens is 3. The molecule has 0 spiro atoms. The van der Waals surface area contributed by atoms with Crippen LogP contribution < -0.4 is 16.6 Å². The van der Waals surface area contributed by atoms with Crippen LogP contribution in [0, 0.1) is 6.92 Å². The van der Waals surface area contributed by atoms with Gasteiger partial charge in [-0.2, -0.15) is 0 Å². The maximum absolute atomic E-state index is 13.2. The van der Waals surface area contributed by atoms with Crippen LogP contribution in [0.5, 0.6) is 0 Å². The summed E-state index contributed by atoms with van der Waals surface area (Å²) in [4.78, 5) is 47.8. The monoisotopic (exact) mass is 606 g/mol. The zero-order chi connectivity index (χ0) is 29.4. The number of anilines is 1. The number of fused-ring (bicyclic) bond motifs is 2. The van der Waals surface area contributed by atoms with Crippen LogP contribution in [-0.2, 0) is 11.3 Å². The second-order valence-corrected chi connectivity index (χ2v) is 12.3. The van der Waals surface area contributed by atoms with Crippen LogP contribution in [0.1, 0.15) is 53.2 Å². The molecule has 2 saturated heterocycles. The Kier molecular flexibility index (Phi) is 7.87. The van der Waals surface area contributed by atoms with Crippen molar-refractivity contribution in [3.63, 3.8) is 0 Å². The van der Waals surface area contributed by atoms with Gasteiger partial charge in [0.05, 0.1) is 29.7 Å². The van der Waals surface area contributed by atoms with Gasteiger partial charge in [-0.1, -0.05) is 23.7 Å². The van der Waals surface area contributed by atoms with Gasteiger partial charge in [-0.15, -0.1) is 11.3 Å². The first-order chi connectivity index (χ1) is 20.3. The van der Waals surface area contributed by atoms with E-state index in [2.05, 4.69) is 15.3 Å². The fourth-order valence-electron chi connectivity index (χ4n) is 5.19. The summed E-state index contributed by atoms with van der Waals surface area (Å²) in [5, 5.41) is 4.66. The van der Waals surface area contributed by atoms with Crippen LogP contribution in [0.2, 0.25) is 5.02 Å². The molecule has 12 heteroatoms. The zero-order valence-corrected chi connectivity index (χ0v) is 24.7. The van der Waals surface area contributed by atoms with Gasteiger partial charge in [-0.25, -0.2) is 14.8 Å². The first-order valence-corrected chi connectivity index (χ1v) is 15.2. The molecule has 218 valence electrons. The number of piperidine rings is 1. The normalized spacial score (nSPS) is 17.8. The van der Waals surface area contributed by atoms with Gasteiger partial charge in [-0.05, 0) is 68.9 Å². The number of nitrogens with zero attached hydrogens (tertiary/aromatic N) is 4. The van der Waals surface area contributed by atoms with Crippen LogP contribution in [0.3, 0.4) is 0 Å². The first-order valence-electron chi connectivity index (χ1n) is 14.0. The quantitative estimate of drug-likeness (QED) is 0.306. The number of nitrogens with one attached hydrogen (secondary N) is 1. The van der Waals surface area contributed by atoms with Crippen molar-refractivity contribution < 1.29 is 14.3 Å². The molecule has 7 rings (SSSR count). The van der Waals surface area contributed by atoms with Crippen molar-refractivity contribution in [3.8, 4) is 10.6 Å². The minimum atomic E-state index is -0.163. The second kappa shape index (κ2) is 11.7. The van der Waals surface area contributed by atoms with E-state index in [0.717, 1.165) is 37.8 Å². The van der Waals surface area contributed by atoms with E-state index in [1.54, 1.807) is 42.0 Å². The molecule has 3 N–H and O–H groups in total. The van der Waals surface area contributed by atoms with E-state index in [9.17, 15) is 14.4 Å². The number of cyclic esters (lactones) is 1. The lowest BCUT2D eigenvalue weighted by Gasteiger charge is -2.25. The highest BCUT2D eigenvalue weighted by Gasteiger charge is 2.34. The second-order valence-electron chi connectivity index (χ2n) is 10.8. The highest BCUT2D eigenvalue weighted by Crippen LogP contribution is 2.33. The Morgan fingerprint density at radius 2 is 1.95 bits per heavy atom. The Bertz CT molecular complexity index is 1720. The fraction of sp³-hybridized carbons (Fsp3) is 0.367. The van der Waals surface area contributed by atoms with Gasteiger partial charge in [0.15, 0.2) is 0 Å². The third kappa shape index (κ3) is 5.98. The number of aryl methyl sites for hydroxylation is 1. The summed E-state index contributed by atoms with van der Waals surface area (Å²) in [5.41, 5.74) is 8.71. The molecule has 1 saturated carbocycles. The average molecular weight is 607 g/mol. The summed E-state index contributed by atoms with van der Waals surface area (Å²) in [6.45, 7) is 3.72. The Labute approximate surface area is 251 Å². The van der Waals surface area contributed by atoms with Crippen molar-refractivity contribution >= 4 is 51.5 Å². The molecule has 2 aromatic heterocycles. The van der Waals surface area contributed by atoms with Gasteiger partial charge in [-0.3, -0.25) is 14.2 Å². The smallest absolute Gasteiger partial charge is 0.410 e. The summed E-state index contributed by atoms with van der Waals surface area (Å²) in [6.07, 6.45) is 7.02. The Hall–Kier alpha value is -3.96. The molecular weight excluding hydrogens is 576 g/mol. The van der Waals surface area contributed by atoms with E-state index in [1.807, 2.05) is 17.0 Å². The number of hydrogen-bond acceptors (Lipinski definition) is 8. The number of nitrogens with two attached hydrogens (primary N) is 1. The lowest BCUT2D eigenvalue weighted by atomic mass is 10.0. The number of rotatable bonds is 5. The minimum absolute atomic E-state index is 0.107. The SMILES string of the molecule is Cc1nc2cc(-c3ncc(C(=O)NC4CC4)s3)c(N)cc2c(=O)n1Cc1ccc(Cl)cc1.O=C1OCC2CCCCN12. The van der Waals surface area contributed by atoms with Crippen LogP contribution in [-0.4, -0.2) is 56.7 Å². The molecule has 3 aliphatic rings. The summed E-state index contributed by atoms with van der Waals surface area (Å²) in [7, 11) is 0. The van der Waals surface area contributed by atoms with Gasteiger partial charge < -0.3 is 20.7 Å². The number of benzene rings is 2. The van der Waals surface area contributed by atoms with Crippen molar-refractivity contribution in [1.82, 2.24) is 24.8 Å². The van der Waals surface area contributed by atoms with E-state index in [-0.39, 0.29) is 23.6 Å². The average Bonchev–Trinajstić information content (AvgIpc) is 3.51. The molecule has 3 fully saturated rings. The summed E-state index contributed by atoms with van der Waals surface area (Å²) < 4.78 is 6.51. The largest absolute Gasteiger partial charge is 0.447 e. The summed E-state index contributed by atoms with van der Waals surface area (Å²) >= 11 is 7.24. The lowest BCUT2D eigenvalue weighted by Crippen LogP contribution is -2.37. The van der Waals surface area contributed by atoms with Crippen LogP contribution in [0.4, 0.5) is 10.5 Å². The number of carbonyl (C=O) groups is 2. The van der Waals surface area contributed by atoms with Crippen molar-refractivity contribution in [2.24, 2.45) is 0 Å². The van der Waals surface area contributed by atoms with E-state index < -0.39 is 0 Å². The molecule has 42 heavy (non-hydrogen) atoms. The van der Waals surface area contributed by atoms with Crippen molar-refractivity contribution in [2.45, 2.75) is 57.7 Å². The number of amides is 2. The molecular formula is C30H31ClN6O4S. The van der Waals surface area contributed by atoms with Crippen molar-refractivity contribution in [3.05, 3.63) is 74.2 Å². The van der Waals surface area contributed by atoms with Crippen molar-refractivity contribution in [1.29, 1.82) is 0 Å². The van der Waals surface area contributed by atoms with Crippen LogP contribution in [0.25, 0.3) is 21.5 Å². The van der Waals surface area contributed by atoms with Gasteiger partial charge in [0.2, 0.25) is 0 Å². The number of hydrogen-bond donors (Lipinski definition) is 2. The maximum atomic E-state index is 13.2. The molecule has 2 aliphatic heterocycles. The van der Waals surface area contributed by atoms with E-state index in [4.69, 9.17) is 22.1 Å². The van der Waals surface area contributed by atoms with E-state index in [0.29, 0.717) is 62.1 Å². The third-order valence-corrected chi connectivity index (χ3v) is 8.98. The van der Waals surface area contributed by atoms with Gasteiger partial charge in [0.25, 0.3) is 11.5 Å². The zero-order valence-electron chi connectivity index (χ0n) is 23.1. The molecule has 2 aromatic carbocycles. The molecule has 1 unspecified atom stereocenters. The highest BCUT2D eigenvalue weighted by atomic mass is 35.5. The lowest BCUT2D eigenvalue weighted by molar-refractivity contribution is 0.0955. The molecule has 10 nitrogen and oxygen atoms in total. The summed E-state index contributed by atoms with van der Waals surface area (Å²) in [5.74, 6) is 0.478. The standard InChI is InChI=1S/C23H20ClN5O2S.C7H11NO2/c1-12-27-19-9-16(22-26-10-20(32-22)21(30)28-15-6-7-15)18(25)8-17(19)23(31)29(12)11-13-2-4-14(24)5-3-13;9-7-8-4-2-1-3-6(8)5-10-7/h2-5,8-10,15H,6-7,11,25H2,1H3,(H,28,30);6H,1-5H2. The first kappa shape index (κ1) is 28.2. The van der Waals surface area contributed by atoms with E-state index in [1.165, 1.54) is 17.8 Å². The molecule has 0 bridgehead atoms. The molecule has 1 aliphatic carbocycles. The molecule has 4 aromatic rings. The number of thiazole rings is 1. The number of halogens is 1. The van der Waals surface area contributed by atoms with Gasteiger partial charge in [0.1, 0.15) is 22.3 Å². The van der Waals surface area contributed by atoms with E-state index >= 15 is 0 Å². The summed E-state index contributed by atoms with van der Waals surface area (Å²) in [6, 6.07) is 11.5. The van der Waals surface area contributed by atoms with Crippen molar-refractivity contribution in [2.75, 3.05) is 18.9 Å². The molecule has 2 amide bonds. The van der Waals surface area contributed by atoms with Gasteiger partial charge >= 0.3 is 6.09 Å². The van der Waals surface area contributed by atoms with Gasteiger partial charge in [0, 0.05) is 28.9 Å². The van der Waals surface area contributed by atoms with Crippen LogP contribution >= 0.6 is 22.9 Å².